The molecule has 0 aromatic heterocycles. The van der Waals surface area contributed by atoms with Gasteiger partial charge in [0, 0.05) is 18.8 Å². The van der Waals surface area contributed by atoms with Crippen LogP contribution in [0.5, 0.6) is 0 Å². The van der Waals surface area contributed by atoms with Gasteiger partial charge in [0.05, 0.1) is 19.3 Å². The molecule has 2 aliphatic heterocycles. The number of piperidine rings is 1. The van der Waals surface area contributed by atoms with Crippen LogP contribution < -0.4 is 10.6 Å². The van der Waals surface area contributed by atoms with E-state index in [2.05, 4.69) is 22.5 Å². The van der Waals surface area contributed by atoms with Crippen molar-refractivity contribution in [2.24, 2.45) is 5.92 Å². The minimum absolute atomic E-state index is 0.143. The van der Waals surface area contributed by atoms with Gasteiger partial charge in [-0.1, -0.05) is 19.1 Å². The molecular formula is C24H39N3O3. The molecule has 30 heavy (non-hydrogen) atoms. The number of anilines is 1. The van der Waals surface area contributed by atoms with Gasteiger partial charge in [-0.15, -0.1) is 0 Å². The summed E-state index contributed by atoms with van der Waals surface area (Å²) in [5.41, 5.74) is 1.85. The number of carbonyl (C=O) groups excluding carboxylic acids is 1. The predicted molar refractivity (Wildman–Crippen MR) is 121 cm³/mol. The summed E-state index contributed by atoms with van der Waals surface area (Å²) < 4.78 is 11.5. The van der Waals surface area contributed by atoms with E-state index in [4.69, 9.17) is 9.47 Å². The normalized spacial score (nSPS) is 20.8. The van der Waals surface area contributed by atoms with Crippen LogP contribution in [0.4, 0.5) is 10.5 Å². The lowest BCUT2D eigenvalue weighted by Crippen LogP contribution is -2.34. The zero-order valence-electron chi connectivity index (χ0n) is 18.5. The number of hydrogen-bond acceptors (Lipinski definition) is 4. The van der Waals surface area contributed by atoms with Gasteiger partial charge < -0.3 is 25.0 Å². The molecule has 0 spiro atoms. The number of ether oxygens (including phenoxy) is 2. The van der Waals surface area contributed by atoms with E-state index in [1.54, 1.807) is 0 Å². The van der Waals surface area contributed by atoms with Crippen molar-refractivity contribution in [3.63, 3.8) is 0 Å². The first-order valence-electron chi connectivity index (χ1n) is 11.7. The van der Waals surface area contributed by atoms with Crippen LogP contribution in [0.2, 0.25) is 0 Å². The van der Waals surface area contributed by atoms with Crippen LogP contribution in [0.3, 0.4) is 0 Å². The van der Waals surface area contributed by atoms with Crippen LogP contribution in [0.15, 0.2) is 24.3 Å². The zero-order valence-corrected chi connectivity index (χ0v) is 18.5. The highest BCUT2D eigenvalue weighted by Crippen LogP contribution is 2.17. The second-order valence-corrected chi connectivity index (χ2v) is 8.82. The summed E-state index contributed by atoms with van der Waals surface area (Å²) in [6.45, 7) is 8.66. The van der Waals surface area contributed by atoms with Gasteiger partial charge in [-0.3, -0.25) is 0 Å². The highest BCUT2D eigenvalue weighted by Gasteiger charge is 2.15. The SMILES string of the molecule is CC1CCN(CCCCNC(=O)Nc2cccc(COCC3CCCCO3)c2)CC1. The molecule has 1 atom stereocenters. The molecule has 2 amide bonds. The first-order chi connectivity index (χ1) is 14.7. The number of unbranched alkanes of at least 4 members (excludes halogenated alkanes) is 1. The van der Waals surface area contributed by atoms with Crippen LogP contribution in [0, 0.1) is 5.92 Å². The zero-order chi connectivity index (χ0) is 21.0. The number of hydrogen-bond donors (Lipinski definition) is 2. The van der Waals surface area contributed by atoms with Crippen LogP contribution in [0.25, 0.3) is 0 Å². The molecule has 2 N–H and O–H groups in total. The minimum Gasteiger partial charge on any atom is -0.376 e. The van der Waals surface area contributed by atoms with Gasteiger partial charge in [-0.2, -0.15) is 0 Å². The Balaban J connectivity index is 1.26. The summed E-state index contributed by atoms with van der Waals surface area (Å²) in [5, 5.41) is 5.89. The lowest BCUT2D eigenvalue weighted by Gasteiger charge is -2.30. The Morgan fingerprint density at radius 3 is 2.87 bits per heavy atom. The predicted octanol–water partition coefficient (Wildman–Crippen LogP) is 4.41. The number of urea groups is 1. The minimum atomic E-state index is -0.143. The van der Waals surface area contributed by atoms with Gasteiger partial charge in [0.15, 0.2) is 0 Å². The van der Waals surface area contributed by atoms with Gasteiger partial charge in [-0.25, -0.2) is 4.79 Å². The molecule has 6 heteroatoms. The number of benzene rings is 1. The fourth-order valence-corrected chi connectivity index (χ4v) is 4.11. The van der Waals surface area contributed by atoms with E-state index in [9.17, 15) is 4.79 Å². The third-order valence-electron chi connectivity index (χ3n) is 6.09. The second kappa shape index (κ2) is 12.9. The number of rotatable bonds is 10. The molecule has 1 aromatic carbocycles. The van der Waals surface area contributed by atoms with E-state index < -0.39 is 0 Å². The van der Waals surface area contributed by atoms with Crippen LogP contribution in [-0.4, -0.2) is 56.4 Å². The highest BCUT2D eigenvalue weighted by atomic mass is 16.5. The molecule has 1 unspecified atom stereocenters. The number of likely N-dealkylation sites (tertiary alicyclic amines) is 1. The average molecular weight is 418 g/mol. The molecule has 2 fully saturated rings. The molecule has 2 aliphatic rings. The maximum absolute atomic E-state index is 12.2. The number of amides is 2. The van der Waals surface area contributed by atoms with Crippen molar-refractivity contribution >= 4 is 11.7 Å². The third-order valence-corrected chi connectivity index (χ3v) is 6.09. The average Bonchev–Trinajstić information content (AvgIpc) is 2.76. The summed E-state index contributed by atoms with van der Waals surface area (Å²) in [6, 6.07) is 7.70. The van der Waals surface area contributed by atoms with Crippen molar-refractivity contribution in [1.82, 2.24) is 10.2 Å². The molecular weight excluding hydrogens is 378 g/mol. The van der Waals surface area contributed by atoms with Gasteiger partial charge in [0.1, 0.15) is 0 Å². The smallest absolute Gasteiger partial charge is 0.319 e. The van der Waals surface area contributed by atoms with Crippen LogP contribution in [0.1, 0.15) is 57.4 Å². The number of nitrogens with one attached hydrogen (secondary N) is 2. The largest absolute Gasteiger partial charge is 0.376 e. The molecule has 1 aromatic rings. The summed E-state index contributed by atoms with van der Waals surface area (Å²) in [5.74, 6) is 0.877. The molecule has 6 nitrogen and oxygen atoms in total. The lowest BCUT2D eigenvalue weighted by atomic mass is 9.99. The Morgan fingerprint density at radius 2 is 2.07 bits per heavy atom. The third kappa shape index (κ3) is 8.62. The Bertz CT molecular complexity index is 626. The van der Waals surface area contributed by atoms with Gasteiger partial charge in [0.25, 0.3) is 0 Å². The highest BCUT2D eigenvalue weighted by molar-refractivity contribution is 5.89. The molecule has 168 valence electrons. The van der Waals surface area contributed by atoms with Crippen molar-refractivity contribution in [3.8, 4) is 0 Å². The Morgan fingerprint density at radius 1 is 1.20 bits per heavy atom. The monoisotopic (exact) mass is 417 g/mol. The van der Waals surface area contributed by atoms with Crippen molar-refractivity contribution in [2.45, 2.75) is 64.6 Å². The van der Waals surface area contributed by atoms with E-state index in [0.717, 1.165) is 56.0 Å². The molecule has 0 radical (unpaired) electrons. The Labute approximate surface area is 181 Å². The number of carbonyl (C=O) groups is 1. The maximum atomic E-state index is 12.2. The Hall–Kier alpha value is -1.63. The van der Waals surface area contributed by atoms with Gasteiger partial charge >= 0.3 is 6.03 Å². The molecule has 0 saturated carbocycles. The van der Waals surface area contributed by atoms with E-state index in [-0.39, 0.29) is 12.1 Å². The van der Waals surface area contributed by atoms with E-state index >= 15 is 0 Å². The fourth-order valence-electron chi connectivity index (χ4n) is 4.11. The first kappa shape index (κ1) is 23.0. The van der Waals surface area contributed by atoms with E-state index in [1.165, 1.54) is 32.4 Å². The maximum Gasteiger partial charge on any atom is 0.319 e. The summed E-state index contributed by atoms with van der Waals surface area (Å²) >= 11 is 0. The topological polar surface area (TPSA) is 62.8 Å². The Kier molecular flexibility index (Phi) is 9.93. The number of nitrogens with zero attached hydrogens (tertiary/aromatic N) is 1. The van der Waals surface area contributed by atoms with Crippen LogP contribution >= 0.6 is 0 Å². The molecule has 2 saturated heterocycles. The van der Waals surface area contributed by atoms with Gasteiger partial charge in [-0.05, 0) is 88.2 Å². The summed E-state index contributed by atoms with van der Waals surface area (Å²) in [6.07, 6.45) is 8.47. The molecule has 0 aliphatic carbocycles. The molecule has 3 rings (SSSR count). The lowest BCUT2D eigenvalue weighted by molar-refractivity contribution is -0.0447. The first-order valence-corrected chi connectivity index (χ1v) is 11.7. The van der Waals surface area contributed by atoms with Crippen LogP contribution in [-0.2, 0) is 16.1 Å². The fraction of sp³-hybridized carbons (Fsp3) is 0.708. The summed E-state index contributed by atoms with van der Waals surface area (Å²) in [7, 11) is 0. The van der Waals surface area contributed by atoms with Crippen molar-refractivity contribution in [3.05, 3.63) is 29.8 Å². The van der Waals surface area contributed by atoms with E-state index in [1.807, 2.05) is 24.3 Å². The van der Waals surface area contributed by atoms with Crippen molar-refractivity contribution in [1.29, 1.82) is 0 Å². The van der Waals surface area contributed by atoms with E-state index in [0.29, 0.717) is 19.8 Å². The summed E-state index contributed by atoms with van der Waals surface area (Å²) in [4.78, 5) is 14.7. The van der Waals surface area contributed by atoms with Crippen molar-refractivity contribution < 1.29 is 14.3 Å². The second-order valence-electron chi connectivity index (χ2n) is 8.82. The van der Waals surface area contributed by atoms with Gasteiger partial charge in [0.2, 0.25) is 0 Å². The van der Waals surface area contributed by atoms with Crippen molar-refractivity contribution in [2.75, 3.05) is 44.7 Å². The standard InChI is InChI=1S/C24H39N3O3/c1-20-10-14-27(15-11-20)13-4-3-12-25-24(28)26-22-8-6-7-21(17-22)18-29-19-23-9-2-5-16-30-23/h6-8,17,20,23H,2-5,9-16,18-19H2,1H3,(H2,25,26,28). The molecule has 2 heterocycles. The molecule has 0 bridgehead atoms. The quantitative estimate of drug-likeness (QED) is 0.554.